The van der Waals surface area contributed by atoms with Crippen molar-refractivity contribution >= 4 is 5.91 Å². The molecule has 2 atom stereocenters. The predicted octanol–water partition coefficient (Wildman–Crippen LogP) is 1.78. The summed E-state index contributed by atoms with van der Waals surface area (Å²) in [5, 5.41) is 11.6. The summed E-state index contributed by atoms with van der Waals surface area (Å²) in [5.41, 5.74) is 0. The number of nitrogens with zero attached hydrogens (tertiary/aromatic N) is 1. The zero-order chi connectivity index (χ0) is 16.0. The van der Waals surface area contributed by atoms with Crippen molar-refractivity contribution in [3.63, 3.8) is 0 Å². The van der Waals surface area contributed by atoms with Gasteiger partial charge in [-0.25, -0.2) is 0 Å². The van der Waals surface area contributed by atoms with Crippen LogP contribution in [-0.2, 0) is 4.79 Å². The molecule has 0 unspecified atom stereocenters. The van der Waals surface area contributed by atoms with Crippen LogP contribution in [0.4, 0.5) is 13.2 Å². The first kappa shape index (κ1) is 18.2. The highest BCUT2D eigenvalue weighted by molar-refractivity contribution is 5.76. The molecule has 0 radical (unpaired) electrons. The quantitative estimate of drug-likeness (QED) is 0.754. The van der Waals surface area contributed by atoms with Crippen molar-refractivity contribution in [1.29, 1.82) is 0 Å². The van der Waals surface area contributed by atoms with Gasteiger partial charge in [-0.2, -0.15) is 13.2 Å². The van der Waals surface area contributed by atoms with Crippen LogP contribution in [0.5, 0.6) is 0 Å². The standard InChI is InChI=1S/C14H25F3N2O2/c1-10(2)11-8-19(6-3-7-20)9-12(11)18-13(21)4-5-14(15,16)17/h10-12,20H,3-9H2,1-2H3,(H,18,21)/t11-,12+/m0/s1. The number of carbonyl (C=O) groups is 1. The molecule has 0 aliphatic carbocycles. The molecular weight excluding hydrogens is 285 g/mol. The van der Waals surface area contributed by atoms with Gasteiger partial charge < -0.3 is 15.3 Å². The monoisotopic (exact) mass is 310 g/mol. The summed E-state index contributed by atoms with van der Waals surface area (Å²) in [6.45, 7) is 6.41. The van der Waals surface area contributed by atoms with Crippen molar-refractivity contribution in [3.05, 3.63) is 0 Å². The molecule has 0 aromatic heterocycles. The lowest BCUT2D eigenvalue weighted by Gasteiger charge is -2.23. The third-order valence-electron chi connectivity index (χ3n) is 3.91. The van der Waals surface area contributed by atoms with E-state index in [2.05, 4.69) is 24.1 Å². The predicted molar refractivity (Wildman–Crippen MR) is 73.7 cm³/mol. The Morgan fingerprint density at radius 2 is 2.05 bits per heavy atom. The van der Waals surface area contributed by atoms with Crippen LogP contribution < -0.4 is 5.32 Å². The zero-order valence-electron chi connectivity index (χ0n) is 12.6. The van der Waals surface area contributed by atoms with Gasteiger partial charge in [0.15, 0.2) is 0 Å². The van der Waals surface area contributed by atoms with Crippen LogP contribution in [0.25, 0.3) is 0 Å². The van der Waals surface area contributed by atoms with Crippen molar-refractivity contribution in [1.82, 2.24) is 10.2 Å². The van der Waals surface area contributed by atoms with Gasteiger partial charge in [0.2, 0.25) is 5.91 Å². The molecule has 4 nitrogen and oxygen atoms in total. The van der Waals surface area contributed by atoms with Gasteiger partial charge in [0.05, 0.1) is 6.42 Å². The number of nitrogens with one attached hydrogen (secondary N) is 1. The summed E-state index contributed by atoms with van der Waals surface area (Å²) >= 11 is 0. The maximum absolute atomic E-state index is 12.1. The summed E-state index contributed by atoms with van der Waals surface area (Å²) in [7, 11) is 0. The van der Waals surface area contributed by atoms with E-state index in [1.165, 1.54) is 0 Å². The first-order chi connectivity index (χ1) is 9.73. The van der Waals surface area contributed by atoms with Gasteiger partial charge in [0.1, 0.15) is 0 Å². The lowest BCUT2D eigenvalue weighted by atomic mass is 9.91. The van der Waals surface area contributed by atoms with E-state index in [0.29, 0.717) is 18.9 Å². The smallest absolute Gasteiger partial charge is 0.389 e. The van der Waals surface area contributed by atoms with Crippen LogP contribution >= 0.6 is 0 Å². The number of rotatable bonds is 7. The van der Waals surface area contributed by atoms with E-state index in [4.69, 9.17) is 5.11 Å². The maximum atomic E-state index is 12.1. The minimum Gasteiger partial charge on any atom is -0.396 e. The Morgan fingerprint density at radius 3 is 2.57 bits per heavy atom. The largest absolute Gasteiger partial charge is 0.396 e. The van der Waals surface area contributed by atoms with Crippen LogP contribution in [0, 0.1) is 11.8 Å². The second kappa shape index (κ2) is 7.98. The second-order valence-electron chi connectivity index (χ2n) is 6.03. The number of alkyl halides is 3. The number of aliphatic hydroxyl groups is 1. The summed E-state index contributed by atoms with van der Waals surface area (Å²) in [6.07, 6.45) is -5.22. The first-order valence-corrected chi connectivity index (χ1v) is 7.42. The summed E-state index contributed by atoms with van der Waals surface area (Å²) < 4.78 is 36.4. The maximum Gasteiger partial charge on any atom is 0.389 e. The number of carbonyl (C=O) groups excluding carboxylic acids is 1. The van der Waals surface area contributed by atoms with Gasteiger partial charge in [0.25, 0.3) is 0 Å². The van der Waals surface area contributed by atoms with Crippen molar-refractivity contribution < 1.29 is 23.1 Å². The molecule has 0 bridgehead atoms. The number of likely N-dealkylation sites (tertiary alicyclic amines) is 1. The summed E-state index contributed by atoms with van der Waals surface area (Å²) in [5.74, 6) is 0.0440. The Kier molecular flexibility index (Phi) is 6.93. The van der Waals surface area contributed by atoms with Crippen molar-refractivity contribution in [3.8, 4) is 0 Å². The van der Waals surface area contributed by atoms with Crippen LogP contribution in [0.15, 0.2) is 0 Å². The molecular formula is C14H25F3N2O2. The lowest BCUT2D eigenvalue weighted by Crippen LogP contribution is -2.42. The molecule has 7 heteroatoms. The average Bonchev–Trinajstić information content (AvgIpc) is 2.76. The Labute approximate surface area is 123 Å². The van der Waals surface area contributed by atoms with Crippen LogP contribution in [0.3, 0.4) is 0 Å². The van der Waals surface area contributed by atoms with E-state index in [1.54, 1.807) is 0 Å². The molecule has 0 spiro atoms. The molecule has 1 amide bonds. The first-order valence-electron chi connectivity index (χ1n) is 7.42. The number of hydrogen-bond donors (Lipinski definition) is 2. The van der Waals surface area contributed by atoms with Crippen molar-refractivity contribution in [2.24, 2.45) is 11.8 Å². The molecule has 1 aliphatic rings. The summed E-state index contributed by atoms with van der Waals surface area (Å²) in [6, 6.07) is -0.107. The topological polar surface area (TPSA) is 52.6 Å². The van der Waals surface area contributed by atoms with Crippen molar-refractivity contribution in [2.45, 2.75) is 45.3 Å². The van der Waals surface area contributed by atoms with Gasteiger partial charge >= 0.3 is 6.18 Å². The van der Waals surface area contributed by atoms with Crippen molar-refractivity contribution in [2.75, 3.05) is 26.2 Å². The third kappa shape index (κ3) is 6.65. The molecule has 0 aromatic carbocycles. The number of halogens is 3. The second-order valence-corrected chi connectivity index (χ2v) is 6.03. The molecule has 124 valence electrons. The highest BCUT2D eigenvalue weighted by Gasteiger charge is 2.36. The average molecular weight is 310 g/mol. The highest BCUT2D eigenvalue weighted by Crippen LogP contribution is 2.25. The van der Waals surface area contributed by atoms with E-state index in [1.807, 2.05) is 0 Å². The van der Waals surface area contributed by atoms with Crippen LogP contribution in [0.2, 0.25) is 0 Å². The minimum absolute atomic E-state index is 0.107. The van der Waals surface area contributed by atoms with Gasteiger partial charge in [-0.3, -0.25) is 4.79 Å². The van der Waals surface area contributed by atoms with E-state index >= 15 is 0 Å². The molecule has 1 saturated heterocycles. The number of amides is 1. The van der Waals surface area contributed by atoms with Gasteiger partial charge in [-0.15, -0.1) is 0 Å². The lowest BCUT2D eigenvalue weighted by molar-refractivity contribution is -0.144. The van der Waals surface area contributed by atoms with E-state index in [-0.39, 0.29) is 18.6 Å². The molecule has 21 heavy (non-hydrogen) atoms. The summed E-state index contributed by atoms with van der Waals surface area (Å²) in [4.78, 5) is 13.8. The molecule has 0 saturated carbocycles. The molecule has 1 aliphatic heterocycles. The molecule has 2 N–H and O–H groups in total. The Bertz CT molecular complexity index is 335. The zero-order valence-corrected chi connectivity index (χ0v) is 12.6. The normalized spacial score (nSPS) is 23.8. The molecule has 1 rings (SSSR count). The Morgan fingerprint density at radius 1 is 1.38 bits per heavy atom. The third-order valence-corrected chi connectivity index (χ3v) is 3.91. The Hall–Kier alpha value is -0.820. The van der Waals surface area contributed by atoms with Gasteiger partial charge in [0, 0.05) is 38.7 Å². The number of hydrogen-bond acceptors (Lipinski definition) is 3. The van der Waals surface area contributed by atoms with Gasteiger partial charge in [-0.05, 0) is 18.3 Å². The molecule has 1 fully saturated rings. The number of aliphatic hydroxyl groups excluding tert-OH is 1. The van der Waals surface area contributed by atoms with Crippen LogP contribution in [-0.4, -0.2) is 54.4 Å². The SMILES string of the molecule is CC(C)[C@@H]1CN(CCCO)C[C@H]1NC(=O)CCC(F)(F)F. The van der Waals surface area contributed by atoms with E-state index in [9.17, 15) is 18.0 Å². The Balaban J connectivity index is 2.48. The van der Waals surface area contributed by atoms with E-state index < -0.39 is 24.9 Å². The fraction of sp³-hybridized carbons (Fsp3) is 0.929. The fourth-order valence-corrected chi connectivity index (χ4v) is 2.75. The van der Waals surface area contributed by atoms with Crippen LogP contribution in [0.1, 0.15) is 33.1 Å². The minimum atomic E-state index is -4.29. The fourth-order valence-electron chi connectivity index (χ4n) is 2.75. The molecule has 1 heterocycles. The highest BCUT2D eigenvalue weighted by atomic mass is 19.4. The van der Waals surface area contributed by atoms with Gasteiger partial charge in [-0.1, -0.05) is 13.8 Å². The molecule has 0 aromatic rings. The van der Waals surface area contributed by atoms with E-state index in [0.717, 1.165) is 13.1 Å².